The zero-order chi connectivity index (χ0) is 19.5. The molecule has 1 aliphatic rings. The number of nitrogens with one attached hydrogen (secondary N) is 1. The quantitative estimate of drug-likeness (QED) is 0.773. The first-order valence-corrected chi connectivity index (χ1v) is 10.2. The van der Waals surface area contributed by atoms with Crippen LogP contribution in [0.25, 0.3) is 0 Å². The van der Waals surface area contributed by atoms with Crippen LogP contribution in [0, 0.1) is 0 Å². The minimum Gasteiger partial charge on any atom is -0.348 e. The summed E-state index contributed by atoms with van der Waals surface area (Å²) in [6.45, 7) is 8.35. The molecule has 2 rings (SSSR count). The van der Waals surface area contributed by atoms with Gasteiger partial charge in [-0.3, -0.25) is 9.59 Å². The third-order valence-corrected chi connectivity index (χ3v) is 5.84. The Labute approximate surface area is 154 Å². The Morgan fingerprint density at radius 1 is 1.23 bits per heavy atom. The van der Waals surface area contributed by atoms with Crippen LogP contribution < -0.4 is 5.32 Å². The van der Waals surface area contributed by atoms with Crippen molar-refractivity contribution >= 4 is 21.8 Å². The van der Waals surface area contributed by atoms with Gasteiger partial charge in [-0.05, 0) is 37.6 Å². The van der Waals surface area contributed by atoms with E-state index in [1.807, 2.05) is 13.8 Å². The molecule has 0 saturated carbocycles. The van der Waals surface area contributed by atoms with Gasteiger partial charge in [-0.25, -0.2) is 8.42 Å². The van der Waals surface area contributed by atoms with E-state index in [0.29, 0.717) is 25.2 Å². The molecule has 1 aromatic carbocycles. The maximum Gasteiger partial charge on any atom is 0.253 e. The summed E-state index contributed by atoms with van der Waals surface area (Å²) in [5.41, 5.74) is 0.752. The monoisotopic (exact) mass is 379 g/mol. The van der Waals surface area contributed by atoms with Gasteiger partial charge in [-0.2, -0.15) is 4.31 Å². The molecule has 0 spiro atoms. The van der Waals surface area contributed by atoms with Gasteiger partial charge in [0.15, 0.2) is 0 Å². The van der Waals surface area contributed by atoms with Crippen LogP contribution in [0.15, 0.2) is 36.9 Å². The summed E-state index contributed by atoms with van der Waals surface area (Å²) < 4.78 is 25.2. The number of hydrogen-bond donors (Lipinski definition) is 1. The van der Waals surface area contributed by atoms with E-state index < -0.39 is 15.6 Å². The van der Waals surface area contributed by atoms with E-state index in [-0.39, 0.29) is 18.4 Å². The summed E-state index contributed by atoms with van der Waals surface area (Å²) in [7, 11) is -3.31. The number of benzene rings is 1. The number of rotatable bonds is 5. The Kier molecular flexibility index (Phi) is 5.87. The van der Waals surface area contributed by atoms with Crippen LogP contribution in [-0.4, -0.2) is 60.9 Å². The zero-order valence-electron chi connectivity index (χ0n) is 15.4. The summed E-state index contributed by atoms with van der Waals surface area (Å²) in [4.78, 5) is 25.6. The maximum atomic E-state index is 12.7. The fourth-order valence-electron chi connectivity index (χ4n) is 3.14. The van der Waals surface area contributed by atoms with Gasteiger partial charge >= 0.3 is 0 Å². The van der Waals surface area contributed by atoms with E-state index in [9.17, 15) is 18.0 Å². The first kappa shape index (κ1) is 20.1. The molecule has 7 nitrogen and oxygen atoms in total. The molecular weight excluding hydrogens is 354 g/mol. The Balaban J connectivity index is 2.05. The number of carbonyl (C=O) groups excluding carboxylic acids is 2. The Bertz CT molecular complexity index is 800. The van der Waals surface area contributed by atoms with Crippen molar-refractivity contribution in [2.45, 2.75) is 25.9 Å². The van der Waals surface area contributed by atoms with Crippen molar-refractivity contribution in [3.8, 4) is 0 Å². The molecule has 0 unspecified atom stereocenters. The second-order valence-corrected chi connectivity index (χ2v) is 8.90. The van der Waals surface area contributed by atoms with Crippen LogP contribution in [0.3, 0.4) is 0 Å². The largest absolute Gasteiger partial charge is 0.348 e. The average molecular weight is 379 g/mol. The molecule has 0 radical (unpaired) electrons. The van der Waals surface area contributed by atoms with Gasteiger partial charge in [0.1, 0.15) is 0 Å². The highest BCUT2D eigenvalue weighted by Gasteiger charge is 2.40. The number of piperazine rings is 1. The minimum atomic E-state index is -3.31. The van der Waals surface area contributed by atoms with Crippen molar-refractivity contribution < 1.29 is 18.0 Å². The maximum absolute atomic E-state index is 12.7. The van der Waals surface area contributed by atoms with Crippen molar-refractivity contribution in [3.05, 3.63) is 48.0 Å². The summed E-state index contributed by atoms with van der Waals surface area (Å²) in [5, 5.41) is 2.68. The molecule has 8 heteroatoms. The molecular formula is C18H25N3O4S. The molecule has 0 atom stereocenters. The highest BCUT2D eigenvalue weighted by Crippen LogP contribution is 2.24. The normalized spacial score (nSPS) is 17.6. The van der Waals surface area contributed by atoms with E-state index >= 15 is 0 Å². The second kappa shape index (κ2) is 7.59. The van der Waals surface area contributed by atoms with Crippen LogP contribution in [0.5, 0.6) is 0 Å². The summed E-state index contributed by atoms with van der Waals surface area (Å²) >= 11 is 0. The molecule has 26 heavy (non-hydrogen) atoms. The number of sulfonamides is 1. The van der Waals surface area contributed by atoms with E-state index in [0.717, 1.165) is 5.56 Å². The zero-order valence-corrected chi connectivity index (χ0v) is 16.2. The third-order valence-electron chi connectivity index (χ3n) is 4.37. The van der Waals surface area contributed by atoms with Gasteiger partial charge < -0.3 is 10.2 Å². The van der Waals surface area contributed by atoms with E-state index in [1.54, 1.807) is 29.2 Å². The van der Waals surface area contributed by atoms with Gasteiger partial charge in [0.25, 0.3) is 5.91 Å². The average Bonchev–Trinajstić information content (AvgIpc) is 2.57. The van der Waals surface area contributed by atoms with Crippen LogP contribution in [0.4, 0.5) is 0 Å². The van der Waals surface area contributed by atoms with Gasteiger partial charge in [0.05, 0.1) is 6.26 Å². The highest BCUT2D eigenvalue weighted by atomic mass is 32.2. The van der Waals surface area contributed by atoms with Crippen LogP contribution >= 0.6 is 0 Å². The Morgan fingerprint density at radius 2 is 1.85 bits per heavy atom. The molecule has 1 N–H and O–H groups in total. The standard InChI is InChI=1S/C18H25N3O4S/c1-5-16(22)19-12-14-6-8-15(9-7-14)17(23)20-10-11-21(26(4,24)25)18(2,3)13-20/h5-9H,1,10-13H2,2-4H3,(H,19,22). The van der Waals surface area contributed by atoms with Crippen molar-refractivity contribution in [3.63, 3.8) is 0 Å². The van der Waals surface area contributed by atoms with Gasteiger partial charge in [0.2, 0.25) is 15.9 Å². The number of carbonyl (C=O) groups is 2. The molecule has 1 aliphatic heterocycles. The molecule has 1 heterocycles. The Hall–Kier alpha value is -2.19. The summed E-state index contributed by atoms with van der Waals surface area (Å²) in [6.07, 6.45) is 2.39. The van der Waals surface area contributed by atoms with Crippen LogP contribution in [0.1, 0.15) is 29.8 Å². The lowest BCUT2D eigenvalue weighted by Gasteiger charge is -2.45. The molecule has 1 aromatic rings. The lowest BCUT2D eigenvalue weighted by Crippen LogP contribution is -2.61. The summed E-state index contributed by atoms with van der Waals surface area (Å²) in [6, 6.07) is 7.00. The fourth-order valence-corrected chi connectivity index (χ4v) is 4.51. The lowest BCUT2D eigenvalue weighted by molar-refractivity contribution is -0.116. The first-order chi connectivity index (χ1) is 12.0. The molecule has 1 saturated heterocycles. The van der Waals surface area contributed by atoms with E-state index in [4.69, 9.17) is 0 Å². The van der Waals surface area contributed by atoms with E-state index in [1.165, 1.54) is 16.6 Å². The van der Waals surface area contributed by atoms with Crippen LogP contribution in [0.2, 0.25) is 0 Å². The van der Waals surface area contributed by atoms with Crippen molar-refractivity contribution in [2.24, 2.45) is 0 Å². The number of amides is 2. The number of nitrogens with zero attached hydrogens (tertiary/aromatic N) is 2. The van der Waals surface area contributed by atoms with Gasteiger partial charge in [0, 0.05) is 37.3 Å². The smallest absolute Gasteiger partial charge is 0.253 e. The van der Waals surface area contributed by atoms with Crippen molar-refractivity contribution in [1.82, 2.24) is 14.5 Å². The van der Waals surface area contributed by atoms with Crippen molar-refractivity contribution in [1.29, 1.82) is 0 Å². The first-order valence-electron chi connectivity index (χ1n) is 8.31. The molecule has 1 fully saturated rings. The SMILES string of the molecule is C=CC(=O)NCc1ccc(C(=O)N2CCN(S(C)(=O)=O)C(C)(C)C2)cc1. The molecule has 142 valence electrons. The second-order valence-electron chi connectivity index (χ2n) is 6.99. The molecule has 0 aliphatic carbocycles. The Morgan fingerprint density at radius 3 is 2.35 bits per heavy atom. The molecule has 0 aromatic heterocycles. The lowest BCUT2D eigenvalue weighted by atomic mass is 10.0. The van der Waals surface area contributed by atoms with Crippen molar-refractivity contribution in [2.75, 3.05) is 25.9 Å². The van der Waals surface area contributed by atoms with Gasteiger partial charge in [-0.15, -0.1) is 0 Å². The molecule has 2 amide bonds. The van der Waals surface area contributed by atoms with E-state index in [2.05, 4.69) is 11.9 Å². The minimum absolute atomic E-state index is 0.132. The van der Waals surface area contributed by atoms with Crippen LogP contribution in [-0.2, 0) is 21.4 Å². The predicted molar refractivity (Wildman–Crippen MR) is 100 cm³/mol. The topological polar surface area (TPSA) is 86.8 Å². The summed E-state index contributed by atoms with van der Waals surface area (Å²) in [5.74, 6) is -0.385. The predicted octanol–water partition coefficient (Wildman–Crippen LogP) is 0.985. The number of hydrogen-bond acceptors (Lipinski definition) is 4. The molecule has 0 bridgehead atoms. The van der Waals surface area contributed by atoms with Gasteiger partial charge in [-0.1, -0.05) is 18.7 Å². The fraction of sp³-hybridized carbons (Fsp3) is 0.444. The highest BCUT2D eigenvalue weighted by molar-refractivity contribution is 7.88. The third kappa shape index (κ3) is 4.70.